The number of nitrogens with zero attached hydrogens (tertiary/aromatic N) is 4. The van der Waals surface area contributed by atoms with Gasteiger partial charge in [0.2, 0.25) is 5.91 Å². The Hall–Kier alpha value is -1.66. The number of rotatable bonds is 6. The molecule has 2 aromatic rings. The summed E-state index contributed by atoms with van der Waals surface area (Å²) in [6.45, 7) is 7.38. The lowest BCUT2D eigenvalue weighted by Gasteiger charge is -2.35. The molecular weight excluding hydrogens is 344 g/mol. The number of carbonyl (C=O) groups is 1. The standard InChI is InChI=1S/C20H28N4OS/c25-19-9-3-4-11-23(19)12-6-5-10-22-13-15-24(16-14-22)20-17-7-1-2-8-18(17)26-21-20/h1-2,7-8H,3-6,9-16H2. The highest BCUT2D eigenvalue weighted by Crippen LogP contribution is 2.29. The summed E-state index contributed by atoms with van der Waals surface area (Å²) in [6, 6.07) is 8.52. The van der Waals surface area contributed by atoms with Crippen molar-refractivity contribution in [2.24, 2.45) is 0 Å². The molecule has 0 radical (unpaired) electrons. The van der Waals surface area contributed by atoms with Gasteiger partial charge in [-0.15, -0.1) is 0 Å². The first-order valence-corrected chi connectivity index (χ1v) is 10.7. The Balaban J connectivity index is 1.20. The third-order valence-corrected chi connectivity index (χ3v) is 6.42. The third-order valence-electron chi connectivity index (χ3n) is 5.60. The van der Waals surface area contributed by atoms with Gasteiger partial charge in [-0.2, -0.15) is 4.37 Å². The highest BCUT2D eigenvalue weighted by Gasteiger charge is 2.21. The molecule has 0 spiro atoms. The number of piperidine rings is 1. The first-order valence-electron chi connectivity index (χ1n) is 9.91. The number of piperazine rings is 1. The van der Waals surface area contributed by atoms with Crippen molar-refractivity contribution in [3.63, 3.8) is 0 Å². The summed E-state index contributed by atoms with van der Waals surface area (Å²) in [5, 5.41) is 1.29. The molecule has 0 saturated carbocycles. The van der Waals surface area contributed by atoms with Gasteiger partial charge in [-0.25, -0.2) is 0 Å². The summed E-state index contributed by atoms with van der Waals surface area (Å²) in [5.41, 5.74) is 0. The van der Waals surface area contributed by atoms with Gasteiger partial charge in [0.25, 0.3) is 0 Å². The Labute approximate surface area is 159 Å². The minimum absolute atomic E-state index is 0.361. The van der Waals surface area contributed by atoms with Crippen molar-refractivity contribution in [1.82, 2.24) is 14.2 Å². The summed E-state index contributed by atoms with van der Waals surface area (Å²) in [6.07, 6.45) is 5.33. The molecule has 140 valence electrons. The van der Waals surface area contributed by atoms with Crippen LogP contribution in [-0.4, -0.2) is 65.9 Å². The fourth-order valence-electron chi connectivity index (χ4n) is 4.02. The summed E-state index contributed by atoms with van der Waals surface area (Å²) >= 11 is 1.60. The topological polar surface area (TPSA) is 39.7 Å². The van der Waals surface area contributed by atoms with Crippen molar-refractivity contribution in [2.75, 3.05) is 50.7 Å². The highest BCUT2D eigenvalue weighted by molar-refractivity contribution is 7.13. The molecule has 2 aliphatic rings. The average molecular weight is 373 g/mol. The fraction of sp³-hybridized carbons (Fsp3) is 0.600. The number of likely N-dealkylation sites (tertiary alicyclic amines) is 1. The van der Waals surface area contributed by atoms with Gasteiger partial charge in [0.1, 0.15) is 5.82 Å². The molecule has 4 rings (SSSR count). The molecule has 2 aliphatic heterocycles. The van der Waals surface area contributed by atoms with Gasteiger partial charge < -0.3 is 9.80 Å². The SMILES string of the molecule is O=C1CCCCN1CCCCN1CCN(c2nsc3ccccc23)CC1. The van der Waals surface area contributed by atoms with Crippen molar-refractivity contribution < 1.29 is 4.79 Å². The Morgan fingerprint density at radius 3 is 2.62 bits per heavy atom. The first-order chi connectivity index (χ1) is 12.8. The van der Waals surface area contributed by atoms with Crippen LogP contribution < -0.4 is 4.90 Å². The third kappa shape index (κ3) is 4.01. The molecule has 1 aromatic heterocycles. The number of aromatic nitrogens is 1. The van der Waals surface area contributed by atoms with Crippen LogP contribution in [0.15, 0.2) is 24.3 Å². The molecule has 3 heterocycles. The number of carbonyl (C=O) groups excluding carboxylic acids is 1. The van der Waals surface area contributed by atoms with Crippen LogP contribution in [0.2, 0.25) is 0 Å². The second-order valence-corrected chi connectivity index (χ2v) is 8.18. The van der Waals surface area contributed by atoms with Crippen molar-refractivity contribution in [3.05, 3.63) is 24.3 Å². The number of fused-ring (bicyclic) bond motifs is 1. The van der Waals surface area contributed by atoms with Crippen molar-refractivity contribution in [2.45, 2.75) is 32.1 Å². The van der Waals surface area contributed by atoms with E-state index in [1.165, 1.54) is 22.9 Å². The number of unbranched alkanes of at least 4 members (excludes halogenated alkanes) is 1. The molecule has 6 heteroatoms. The Morgan fingerprint density at radius 2 is 1.77 bits per heavy atom. The number of anilines is 1. The number of amides is 1. The monoisotopic (exact) mass is 372 g/mol. The van der Waals surface area contributed by atoms with E-state index in [2.05, 4.69) is 43.3 Å². The first kappa shape index (κ1) is 17.7. The van der Waals surface area contributed by atoms with Gasteiger partial charge in [0.15, 0.2) is 0 Å². The van der Waals surface area contributed by atoms with Crippen molar-refractivity contribution in [1.29, 1.82) is 0 Å². The van der Waals surface area contributed by atoms with Gasteiger partial charge in [-0.3, -0.25) is 9.69 Å². The molecule has 26 heavy (non-hydrogen) atoms. The highest BCUT2D eigenvalue weighted by atomic mass is 32.1. The minimum Gasteiger partial charge on any atom is -0.353 e. The van der Waals surface area contributed by atoms with E-state index >= 15 is 0 Å². The Morgan fingerprint density at radius 1 is 0.962 bits per heavy atom. The van der Waals surface area contributed by atoms with Crippen molar-refractivity contribution in [3.8, 4) is 0 Å². The maximum Gasteiger partial charge on any atom is 0.222 e. The maximum absolute atomic E-state index is 11.8. The molecule has 5 nitrogen and oxygen atoms in total. The van der Waals surface area contributed by atoms with Crippen LogP contribution >= 0.6 is 11.5 Å². The van der Waals surface area contributed by atoms with Crippen LogP contribution in [0, 0.1) is 0 Å². The number of hydrogen-bond donors (Lipinski definition) is 0. The van der Waals surface area contributed by atoms with E-state index in [-0.39, 0.29) is 0 Å². The van der Waals surface area contributed by atoms with E-state index in [9.17, 15) is 4.79 Å². The van der Waals surface area contributed by atoms with Crippen LogP contribution in [0.3, 0.4) is 0 Å². The van der Waals surface area contributed by atoms with Gasteiger partial charge in [0.05, 0.1) is 4.70 Å². The molecule has 0 aliphatic carbocycles. The second kappa shape index (κ2) is 8.35. The van der Waals surface area contributed by atoms with Crippen LogP contribution in [0.5, 0.6) is 0 Å². The van der Waals surface area contributed by atoms with E-state index < -0.39 is 0 Å². The van der Waals surface area contributed by atoms with E-state index in [0.717, 1.165) is 70.9 Å². The fourth-order valence-corrected chi connectivity index (χ4v) is 4.82. The molecule has 0 atom stereocenters. The molecular formula is C20H28N4OS. The maximum atomic E-state index is 11.8. The quantitative estimate of drug-likeness (QED) is 0.730. The smallest absolute Gasteiger partial charge is 0.222 e. The molecule has 2 saturated heterocycles. The van der Waals surface area contributed by atoms with Crippen LogP contribution in [0.1, 0.15) is 32.1 Å². The summed E-state index contributed by atoms with van der Waals surface area (Å²) in [5.74, 6) is 1.52. The molecule has 0 N–H and O–H groups in total. The summed E-state index contributed by atoms with van der Waals surface area (Å²) in [4.78, 5) is 18.9. The minimum atomic E-state index is 0.361. The van der Waals surface area contributed by atoms with E-state index in [0.29, 0.717) is 5.91 Å². The molecule has 0 unspecified atom stereocenters. The Kier molecular flexibility index (Phi) is 5.70. The van der Waals surface area contributed by atoms with Crippen LogP contribution in [0.4, 0.5) is 5.82 Å². The predicted octanol–water partition coefficient (Wildman–Crippen LogP) is 3.21. The summed E-state index contributed by atoms with van der Waals surface area (Å²) < 4.78 is 5.97. The zero-order chi connectivity index (χ0) is 17.8. The summed E-state index contributed by atoms with van der Waals surface area (Å²) in [7, 11) is 0. The van der Waals surface area contributed by atoms with E-state index in [1.54, 1.807) is 11.5 Å². The predicted molar refractivity (Wildman–Crippen MR) is 108 cm³/mol. The number of hydrogen-bond acceptors (Lipinski definition) is 5. The normalized spacial score (nSPS) is 19.5. The largest absolute Gasteiger partial charge is 0.353 e. The number of benzene rings is 1. The van der Waals surface area contributed by atoms with Gasteiger partial charge in [-0.1, -0.05) is 12.1 Å². The van der Waals surface area contributed by atoms with E-state index in [1.807, 2.05) is 0 Å². The average Bonchev–Trinajstić information content (AvgIpc) is 3.11. The lowest BCUT2D eigenvalue weighted by Crippen LogP contribution is -2.47. The zero-order valence-corrected chi connectivity index (χ0v) is 16.2. The van der Waals surface area contributed by atoms with E-state index in [4.69, 9.17) is 0 Å². The molecule has 2 fully saturated rings. The van der Waals surface area contributed by atoms with Crippen LogP contribution in [-0.2, 0) is 4.79 Å². The molecule has 0 bridgehead atoms. The van der Waals surface area contributed by atoms with Crippen molar-refractivity contribution >= 4 is 33.3 Å². The second-order valence-electron chi connectivity index (χ2n) is 7.38. The molecule has 1 aromatic carbocycles. The lowest BCUT2D eigenvalue weighted by atomic mass is 10.1. The van der Waals surface area contributed by atoms with Gasteiger partial charge in [0, 0.05) is 51.1 Å². The van der Waals surface area contributed by atoms with Crippen LogP contribution in [0.25, 0.3) is 10.1 Å². The van der Waals surface area contributed by atoms with Gasteiger partial charge >= 0.3 is 0 Å². The zero-order valence-electron chi connectivity index (χ0n) is 15.4. The lowest BCUT2D eigenvalue weighted by molar-refractivity contribution is -0.133. The Bertz CT molecular complexity index is 738. The molecule has 1 amide bonds. The van der Waals surface area contributed by atoms with Gasteiger partial charge in [-0.05, 0) is 55.9 Å².